The summed E-state index contributed by atoms with van der Waals surface area (Å²) in [6, 6.07) is 10.8. The zero-order valence-corrected chi connectivity index (χ0v) is 20.0. The normalized spacial score (nSPS) is 11.7. The second kappa shape index (κ2) is 13.3. The molecule has 0 aromatic heterocycles. The van der Waals surface area contributed by atoms with Crippen LogP contribution in [-0.4, -0.2) is 52.0 Å². The minimum Gasteiger partial charge on any atom is -0.493 e. The molecular weight excluding hydrogens is 480 g/mol. The number of aliphatic hydroxyl groups is 1. The monoisotopic (exact) mass is 506 g/mol. The van der Waals surface area contributed by atoms with Crippen LogP contribution < -0.4 is 10.1 Å². The van der Waals surface area contributed by atoms with Gasteiger partial charge in [-0.15, -0.1) is 0 Å². The van der Waals surface area contributed by atoms with Crippen molar-refractivity contribution in [3.63, 3.8) is 0 Å². The Morgan fingerprint density at radius 1 is 1.23 bits per heavy atom. The maximum atomic E-state index is 12.3. The van der Waals surface area contributed by atoms with Crippen LogP contribution in [0.5, 0.6) is 5.75 Å². The Balaban J connectivity index is 2.08. The molecule has 0 saturated carbocycles. The van der Waals surface area contributed by atoms with Crippen LogP contribution in [0.4, 0.5) is 5.69 Å². The quantitative estimate of drug-likeness (QED) is 0.104. The Morgan fingerprint density at radius 2 is 1.97 bits per heavy atom. The molecule has 1 amide bonds. The lowest BCUT2D eigenvalue weighted by atomic mass is 10.1. The lowest BCUT2D eigenvalue weighted by Crippen LogP contribution is -2.21. The zero-order valence-electron chi connectivity index (χ0n) is 19.2. The number of hydrogen-bond donors (Lipinski definition) is 2. The van der Waals surface area contributed by atoms with Crippen LogP contribution in [0.1, 0.15) is 24.0 Å². The van der Waals surface area contributed by atoms with Gasteiger partial charge in [0.15, 0.2) is 6.29 Å². The van der Waals surface area contributed by atoms with Gasteiger partial charge in [0, 0.05) is 29.0 Å². The first-order valence-electron chi connectivity index (χ1n) is 10.5. The number of esters is 1. The summed E-state index contributed by atoms with van der Waals surface area (Å²) in [7, 11) is -2.92. The molecule has 0 saturated heterocycles. The molecule has 0 radical (unpaired) electrons. The maximum absolute atomic E-state index is 12.3. The third kappa shape index (κ3) is 8.91. The number of benzene rings is 2. The number of nitrogens with zero attached hydrogens (tertiary/aromatic N) is 3. The fourth-order valence-corrected chi connectivity index (χ4v) is 4.06. The summed E-state index contributed by atoms with van der Waals surface area (Å²) < 4.78 is 39.9. The van der Waals surface area contributed by atoms with Crippen LogP contribution in [0.2, 0.25) is 0 Å². The molecule has 2 aromatic carbocycles. The smallest absolute Gasteiger partial charge is 0.305 e. The highest BCUT2D eigenvalue weighted by molar-refractivity contribution is 7.86. The van der Waals surface area contributed by atoms with Gasteiger partial charge in [-0.3, -0.25) is 9.59 Å². The molecule has 0 aliphatic heterocycles. The Bertz CT molecular complexity index is 1200. The minimum atomic E-state index is -4.17. The van der Waals surface area contributed by atoms with E-state index < -0.39 is 34.8 Å². The largest absolute Gasteiger partial charge is 0.493 e. The number of aliphatic hydroxyl groups excluding tert-OH is 1. The summed E-state index contributed by atoms with van der Waals surface area (Å²) >= 11 is 0. The van der Waals surface area contributed by atoms with E-state index >= 15 is 0 Å². The molecule has 0 bridgehead atoms. The van der Waals surface area contributed by atoms with E-state index in [0.717, 1.165) is 5.56 Å². The number of methoxy groups -OCH3 is 1. The Hall–Kier alpha value is -3.64. The summed E-state index contributed by atoms with van der Waals surface area (Å²) in [4.78, 5) is 26.1. The number of amides is 1. The molecular formula is C22H26N4O8S. The summed E-state index contributed by atoms with van der Waals surface area (Å²) in [6.45, 7) is 1.18. The highest BCUT2D eigenvalue weighted by atomic mass is 32.2. The Kier molecular flexibility index (Phi) is 10.5. The lowest BCUT2D eigenvalue weighted by molar-refractivity contribution is -0.140. The van der Waals surface area contributed by atoms with E-state index in [9.17, 15) is 23.1 Å². The van der Waals surface area contributed by atoms with E-state index in [0.29, 0.717) is 17.0 Å². The first kappa shape index (κ1) is 27.6. The first-order chi connectivity index (χ1) is 16.7. The van der Waals surface area contributed by atoms with E-state index in [1.165, 1.54) is 19.2 Å². The van der Waals surface area contributed by atoms with E-state index in [1.807, 2.05) is 0 Å². The van der Waals surface area contributed by atoms with Crippen LogP contribution in [0.15, 0.2) is 52.5 Å². The summed E-state index contributed by atoms with van der Waals surface area (Å²) in [5, 5.41) is 15.9. The van der Waals surface area contributed by atoms with Gasteiger partial charge in [-0.25, -0.2) is 4.18 Å². The van der Waals surface area contributed by atoms with Crippen molar-refractivity contribution in [2.75, 3.05) is 25.6 Å². The van der Waals surface area contributed by atoms with Gasteiger partial charge in [0.05, 0.1) is 18.6 Å². The van der Waals surface area contributed by atoms with Crippen molar-refractivity contribution in [2.45, 2.75) is 37.4 Å². The molecule has 2 aromatic rings. The number of azide groups is 1. The SMILES string of the molecule is COC(=O)CCc1c(NC(=O)CN=[N+]=[N-])cccc1OCCC(O)OS(=O)(=O)c1cccc(C)c1. The van der Waals surface area contributed by atoms with Gasteiger partial charge in [0.2, 0.25) is 5.91 Å². The predicted molar refractivity (Wildman–Crippen MR) is 125 cm³/mol. The van der Waals surface area contributed by atoms with Crippen LogP contribution in [0.3, 0.4) is 0 Å². The molecule has 0 heterocycles. The number of ether oxygens (including phenoxy) is 2. The fraction of sp³-hybridized carbons (Fsp3) is 0.364. The number of hydrogen-bond acceptors (Lipinski definition) is 9. The Labute approximate surface area is 202 Å². The highest BCUT2D eigenvalue weighted by Crippen LogP contribution is 2.29. The van der Waals surface area contributed by atoms with Gasteiger partial charge in [0.25, 0.3) is 10.1 Å². The number of carbonyl (C=O) groups is 2. The fourth-order valence-electron chi connectivity index (χ4n) is 2.98. The zero-order chi connectivity index (χ0) is 25.8. The summed E-state index contributed by atoms with van der Waals surface area (Å²) in [5.74, 6) is -0.745. The summed E-state index contributed by atoms with van der Waals surface area (Å²) in [5.41, 5.74) is 9.91. The first-order valence-corrected chi connectivity index (χ1v) is 11.9. The van der Waals surface area contributed by atoms with E-state index in [1.54, 1.807) is 37.3 Å². The molecule has 0 aliphatic rings. The maximum Gasteiger partial charge on any atom is 0.305 e. The number of anilines is 1. The number of rotatable bonds is 13. The second-order valence-corrected chi connectivity index (χ2v) is 8.83. The van der Waals surface area contributed by atoms with Crippen molar-refractivity contribution in [2.24, 2.45) is 5.11 Å². The molecule has 13 heteroatoms. The van der Waals surface area contributed by atoms with Crippen molar-refractivity contribution < 1.29 is 36.8 Å². The van der Waals surface area contributed by atoms with Gasteiger partial charge < -0.3 is 19.9 Å². The molecule has 0 spiro atoms. The topological polar surface area (TPSA) is 177 Å². The molecule has 0 fully saturated rings. The van der Waals surface area contributed by atoms with Gasteiger partial charge >= 0.3 is 5.97 Å². The van der Waals surface area contributed by atoms with Crippen molar-refractivity contribution in [1.82, 2.24) is 0 Å². The molecule has 12 nitrogen and oxygen atoms in total. The van der Waals surface area contributed by atoms with Gasteiger partial charge in [0.1, 0.15) is 12.3 Å². The average molecular weight is 507 g/mol. The molecule has 188 valence electrons. The van der Waals surface area contributed by atoms with Gasteiger partial charge in [-0.05, 0) is 48.7 Å². The molecule has 0 aliphatic carbocycles. The van der Waals surface area contributed by atoms with Crippen LogP contribution >= 0.6 is 0 Å². The molecule has 2 N–H and O–H groups in total. The Morgan fingerprint density at radius 3 is 2.66 bits per heavy atom. The average Bonchev–Trinajstić information content (AvgIpc) is 2.81. The molecule has 1 atom stereocenters. The summed E-state index contributed by atoms with van der Waals surface area (Å²) in [6.07, 6.45) is -1.70. The number of aryl methyl sites for hydroxylation is 1. The lowest BCUT2D eigenvalue weighted by Gasteiger charge is -2.17. The molecule has 1 unspecified atom stereocenters. The third-order valence-electron chi connectivity index (χ3n) is 4.63. The highest BCUT2D eigenvalue weighted by Gasteiger charge is 2.21. The minimum absolute atomic E-state index is 0.00341. The predicted octanol–water partition coefficient (Wildman–Crippen LogP) is 2.84. The second-order valence-electron chi connectivity index (χ2n) is 7.25. The van der Waals surface area contributed by atoms with Crippen molar-refractivity contribution in [3.8, 4) is 5.75 Å². The number of nitrogens with one attached hydrogen (secondary N) is 1. The van der Waals surface area contributed by atoms with Crippen molar-refractivity contribution >= 4 is 27.7 Å². The molecule has 35 heavy (non-hydrogen) atoms. The van der Waals surface area contributed by atoms with Gasteiger partial charge in [-0.2, -0.15) is 8.42 Å². The van der Waals surface area contributed by atoms with E-state index in [2.05, 4.69) is 20.1 Å². The van der Waals surface area contributed by atoms with Crippen molar-refractivity contribution in [1.29, 1.82) is 0 Å². The van der Waals surface area contributed by atoms with Crippen molar-refractivity contribution in [3.05, 3.63) is 64.0 Å². The third-order valence-corrected chi connectivity index (χ3v) is 5.94. The van der Waals surface area contributed by atoms with E-state index in [-0.39, 0.29) is 30.8 Å². The van der Waals surface area contributed by atoms with Crippen LogP contribution in [0.25, 0.3) is 10.4 Å². The van der Waals surface area contributed by atoms with E-state index in [4.69, 9.17) is 14.5 Å². The van der Waals surface area contributed by atoms with Crippen LogP contribution in [0, 0.1) is 6.92 Å². The molecule has 2 rings (SSSR count). The standard InChI is InChI=1S/C22H26N4O8S/c1-15-5-3-6-16(13-15)35(30,31)34-22(29)11-12-33-19-8-4-7-18(25-20(27)14-24-26-23)17(19)9-10-21(28)32-2/h3-8,13,22,29H,9-12,14H2,1-2H3,(H,25,27). The number of carbonyl (C=O) groups excluding carboxylic acids is 2. The van der Waals surface area contributed by atoms with Crippen LogP contribution in [-0.2, 0) is 35.0 Å². The van der Waals surface area contributed by atoms with Gasteiger partial charge in [-0.1, -0.05) is 23.3 Å².